The number of aromatic nitrogens is 1. The molecule has 0 radical (unpaired) electrons. The zero-order chi connectivity index (χ0) is 19.2. The van der Waals surface area contributed by atoms with Crippen LogP contribution >= 0.6 is 11.3 Å². The predicted octanol–water partition coefficient (Wildman–Crippen LogP) is 3.69. The standard InChI is InChI=1S/C19H26N2O4S/c1-13-17(26-12-20-13)15-7-5-14(6-8-15)16(11-24-10-9-22)21-18(23)25-19(2,3)4/h5-8,12,16,22H,9-11H2,1-4H3,(H,21,23)/t16-/m0/s1. The van der Waals surface area contributed by atoms with Gasteiger partial charge in [0.2, 0.25) is 0 Å². The summed E-state index contributed by atoms with van der Waals surface area (Å²) in [6.07, 6.45) is -0.502. The molecular weight excluding hydrogens is 352 g/mol. The van der Waals surface area contributed by atoms with Gasteiger partial charge in [-0.15, -0.1) is 11.3 Å². The van der Waals surface area contributed by atoms with Crippen molar-refractivity contribution in [2.24, 2.45) is 0 Å². The van der Waals surface area contributed by atoms with Crippen LogP contribution in [0.5, 0.6) is 0 Å². The second-order valence-electron chi connectivity index (χ2n) is 6.89. The molecule has 0 saturated heterocycles. The average molecular weight is 378 g/mol. The van der Waals surface area contributed by atoms with Gasteiger partial charge in [0.25, 0.3) is 0 Å². The van der Waals surface area contributed by atoms with Gasteiger partial charge in [0.05, 0.1) is 41.9 Å². The first-order chi connectivity index (χ1) is 12.3. The Balaban J connectivity index is 2.13. The van der Waals surface area contributed by atoms with Crippen molar-refractivity contribution in [1.82, 2.24) is 10.3 Å². The summed E-state index contributed by atoms with van der Waals surface area (Å²) < 4.78 is 10.8. The van der Waals surface area contributed by atoms with E-state index in [1.165, 1.54) is 0 Å². The van der Waals surface area contributed by atoms with Crippen LogP contribution in [0.2, 0.25) is 0 Å². The highest BCUT2D eigenvalue weighted by molar-refractivity contribution is 7.13. The van der Waals surface area contributed by atoms with Crippen LogP contribution in [-0.2, 0) is 9.47 Å². The van der Waals surface area contributed by atoms with Gasteiger partial charge in [-0.2, -0.15) is 0 Å². The largest absolute Gasteiger partial charge is 0.444 e. The van der Waals surface area contributed by atoms with Gasteiger partial charge in [-0.25, -0.2) is 9.78 Å². The molecule has 0 aliphatic carbocycles. The number of amides is 1. The third-order valence-corrected chi connectivity index (χ3v) is 4.51. The molecule has 1 heterocycles. The van der Waals surface area contributed by atoms with E-state index >= 15 is 0 Å². The van der Waals surface area contributed by atoms with Gasteiger partial charge < -0.3 is 19.9 Å². The summed E-state index contributed by atoms with van der Waals surface area (Å²) in [5.41, 5.74) is 4.24. The first-order valence-electron chi connectivity index (χ1n) is 8.48. The number of aryl methyl sites for hydroxylation is 1. The first-order valence-corrected chi connectivity index (χ1v) is 9.36. The highest BCUT2D eigenvalue weighted by Gasteiger charge is 2.21. The Kier molecular flexibility index (Phi) is 7.14. The Morgan fingerprint density at radius 2 is 2.00 bits per heavy atom. The maximum absolute atomic E-state index is 12.1. The van der Waals surface area contributed by atoms with E-state index in [0.29, 0.717) is 0 Å². The van der Waals surface area contributed by atoms with E-state index in [1.54, 1.807) is 11.3 Å². The molecule has 0 aliphatic rings. The van der Waals surface area contributed by atoms with Gasteiger partial charge in [0.1, 0.15) is 5.60 Å². The van der Waals surface area contributed by atoms with Crippen molar-refractivity contribution in [2.45, 2.75) is 39.3 Å². The van der Waals surface area contributed by atoms with Crippen molar-refractivity contribution in [3.63, 3.8) is 0 Å². The maximum atomic E-state index is 12.1. The number of aliphatic hydroxyl groups excluding tert-OH is 1. The van der Waals surface area contributed by atoms with Gasteiger partial charge in [0.15, 0.2) is 0 Å². The zero-order valence-corrected chi connectivity index (χ0v) is 16.4. The van der Waals surface area contributed by atoms with Crippen LogP contribution in [0.4, 0.5) is 4.79 Å². The van der Waals surface area contributed by atoms with Gasteiger partial charge in [-0.1, -0.05) is 24.3 Å². The summed E-state index contributed by atoms with van der Waals surface area (Å²) in [6, 6.07) is 7.56. The van der Waals surface area contributed by atoms with Gasteiger partial charge in [-0.3, -0.25) is 0 Å². The Morgan fingerprint density at radius 1 is 1.31 bits per heavy atom. The van der Waals surface area contributed by atoms with Crippen molar-refractivity contribution in [3.05, 3.63) is 41.0 Å². The third kappa shape index (κ3) is 6.09. The molecule has 2 N–H and O–H groups in total. The fourth-order valence-corrected chi connectivity index (χ4v) is 3.19. The Hall–Kier alpha value is -1.96. The van der Waals surface area contributed by atoms with Crippen molar-refractivity contribution in [1.29, 1.82) is 0 Å². The minimum absolute atomic E-state index is 0.0667. The summed E-state index contributed by atoms with van der Waals surface area (Å²) in [4.78, 5) is 17.5. The molecule has 7 heteroatoms. The number of benzene rings is 1. The summed E-state index contributed by atoms with van der Waals surface area (Å²) in [7, 11) is 0. The van der Waals surface area contributed by atoms with Gasteiger partial charge in [-0.05, 0) is 38.8 Å². The average Bonchev–Trinajstić information content (AvgIpc) is 2.99. The Morgan fingerprint density at radius 3 is 2.54 bits per heavy atom. The van der Waals surface area contributed by atoms with Crippen LogP contribution in [0.1, 0.15) is 38.1 Å². The number of carbonyl (C=O) groups excluding carboxylic acids is 1. The van der Waals surface area contributed by atoms with E-state index in [0.717, 1.165) is 21.7 Å². The molecule has 142 valence electrons. The monoisotopic (exact) mass is 378 g/mol. The molecule has 0 bridgehead atoms. The molecule has 1 atom stereocenters. The number of hydrogen-bond donors (Lipinski definition) is 2. The number of hydrogen-bond acceptors (Lipinski definition) is 6. The van der Waals surface area contributed by atoms with Crippen molar-refractivity contribution in [3.8, 4) is 10.4 Å². The summed E-state index contributed by atoms with van der Waals surface area (Å²) in [6.45, 7) is 7.82. The third-order valence-electron chi connectivity index (χ3n) is 3.53. The van der Waals surface area contributed by atoms with Crippen molar-refractivity contribution < 1.29 is 19.4 Å². The second-order valence-corrected chi connectivity index (χ2v) is 7.74. The molecular formula is C19H26N2O4S. The molecule has 0 unspecified atom stereocenters. The van der Waals surface area contributed by atoms with Crippen LogP contribution in [0.15, 0.2) is 29.8 Å². The molecule has 0 aliphatic heterocycles. The number of alkyl carbamates (subject to hydrolysis) is 1. The van der Waals surface area contributed by atoms with Gasteiger partial charge >= 0.3 is 6.09 Å². The first kappa shape index (κ1) is 20.4. The fraction of sp³-hybridized carbons (Fsp3) is 0.474. The van der Waals surface area contributed by atoms with Crippen molar-refractivity contribution >= 4 is 17.4 Å². The lowest BCUT2D eigenvalue weighted by Crippen LogP contribution is -2.36. The second kappa shape index (κ2) is 9.12. The van der Waals surface area contributed by atoms with E-state index in [9.17, 15) is 4.79 Å². The molecule has 1 aromatic heterocycles. The Bertz CT molecular complexity index is 707. The lowest BCUT2D eigenvalue weighted by molar-refractivity contribution is 0.0408. The number of aliphatic hydroxyl groups is 1. The van der Waals surface area contributed by atoms with E-state index in [2.05, 4.69) is 10.3 Å². The van der Waals surface area contributed by atoms with Crippen LogP contribution in [0.25, 0.3) is 10.4 Å². The van der Waals surface area contributed by atoms with E-state index in [-0.39, 0.29) is 25.9 Å². The quantitative estimate of drug-likeness (QED) is 0.718. The fourth-order valence-electron chi connectivity index (χ4n) is 2.38. The highest BCUT2D eigenvalue weighted by Crippen LogP contribution is 2.28. The number of nitrogens with zero attached hydrogens (tertiary/aromatic N) is 1. The molecule has 26 heavy (non-hydrogen) atoms. The molecule has 0 saturated carbocycles. The van der Waals surface area contributed by atoms with Crippen LogP contribution < -0.4 is 5.32 Å². The molecule has 0 fully saturated rings. The Labute approximate surface area is 158 Å². The van der Waals surface area contributed by atoms with E-state index in [4.69, 9.17) is 14.6 Å². The number of thiazole rings is 1. The normalized spacial score (nSPS) is 12.7. The van der Waals surface area contributed by atoms with Crippen LogP contribution in [0, 0.1) is 6.92 Å². The highest BCUT2D eigenvalue weighted by atomic mass is 32.1. The van der Waals surface area contributed by atoms with E-state index < -0.39 is 11.7 Å². The van der Waals surface area contributed by atoms with Gasteiger partial charge in [0, 0.05) is 0 Å². The lowest BCUT2D eigenvalue weighted by Gasteiger charge is -2.24. The smallest absolute Gasteiger partial charge is 0.408 e. The molecule has 6 nitrogen and oxygen atoms in total. The van der Waals surface area contributed by atoms with E-state index in [1.807, 2.05) is 57.5 Å². The SMILES string of the molecule is Cc1ncsc1-c1ccc([C@H](COCCO)NC(=O)OC(C)(C)C)cc1. The number of nitrogens with one attached hydrogen (secondary N) is 1. The maximum Gasteiger partial charge on any atom is 0.408 e. The molecule has 1 aromatic carbocycles. The van der Waals surface area contributed by atoms with Crippen LogP contribution in [-0.4, -0.2) is 41.6 Å². The molecule has 2 aromatic rings. The van der Waals surface area contributed by atoms with Crippen molar-refractivity contribution in [2.75, 3.05) is 19.8 Å². The summed E-state index contributed by atoms with van der Waals surface area (Å²) in [5.74, 6) is 0. The minimum Gasteiger partial charge on any atom is -0.444 e. The molecule has 1 amide bonds. The summed E-state index contributed by atoms with van der Waals surface area (Å²) >= 11 is 1.60. The summed E-state index contributed by atoms with van der Waals surface area (Å²) in [5, 5.41) is 11.7. The topological polar surface area (TPSA) is 80.7 Å². The van der Waals surface area contributed by atoms with Crippen LogP contribution in [0.3, 0.4) is 0 Å². The lowest BCUT2D eigenvalue weighted by atomic mass is 10.0. The number of rotatable bonds is 7. The molecule has 2 rings (SSSR count). The minimum atomic E-state index is -0.575. The number of ether oxygens (including phenoxy) is 2. The number of carbonyl (C=O) groups is 1. The molecule has 0 spiro atoms. The zero-order valence-electron chi connectivity index (χ0n) is 15.6. The predicted molar refractivity (Wildman–Crippen MR) is 102 cm³/mol.